The van der Waals surface area contributed by atoms with Gasteiger partial charge in [0.1, 0.15) is 0 Å². The first-order valence-electron chi connectivity index (χ1n) is 2.78. The van der Waals surface area contributed by atoms with E-state index in [0.29, 0.717) is 6.10 Å². The largest absolute Gasteiger partial charge is 0.372 e. The minimum absolute atomic E-state index is 0.458. The molecule has 1 heteroatoms. The van der Waals surface area contributed by atoms with Crippen molar-refractivity contribution in [3.63, 3.8) is 0 Å². The molecule has 41 valence electrons. The molecule has 1 saturated heterocycles. The lowest BCUT2D eigenvalue weighted by Crippen LogP contribution is -2.05. The van der Waals surface area contributed by atoms with E-state index in [1.807, 2.05) is 6.61 Å². The lowest BCUT2D eigenvalue weighted by Gasteiger charge is -2.04. The SMILES string of the molecule is CC1C[CH]OC1C. The zero-order chi connectivity index (χ0) is 5.28. The van der Waals surface area contributed by atoms with Crippen LogP contribution in [-0.2, 0) is 4.74 Å². The Balaban J connectivity index is 2.33. The molecule has 0 spiro atoms. The zero-order valence-corrected chi connectivity index (χ0v) is 4.85. The van der Waals surface area contributed by atoms with E-state index in [4.69, 9.17) is 4.74 Å². The summed E-state index contributed by atoms with van der Waals surface area (Å²) in [6.07, 6.45) is 1.58. The molecule has 0 saturated carbocycles. The van der Waals surface area contributed by atoms with Gasteiger partial charge in [-0.3, -0.25) is 0 Å². The summed E-state index contributed by atoms with van der Waals surface area (Å²) in [7, 11) is 0. The molecule has 1 aliphatic heterocycles. The van der Waals surface area contributed by atoms with Crippen LogP contribution in [0.15, 0.2) is 0 Å². The van der Waals surface area contributed by atoms with Crippen molar-refractivity contribution in [3.8, 4) is 0 Å². The molecule has 0 aliphatic carbocycles. The number of ether oxygens (including phenoxy) is 1. The van der Waals surface area contributed by atoms with Crippen molar-refractivity contribution in [3.05, 3.63) is 6.61 Å². The van der Waals surface area contributed by atoms with Gasteiger partial charge in [0.2, 0.25) is 0 Å². The number of rotatable bonds is 0. The summed E-state index contributed by atoms with van der Waals surface area (Å²) in [5.41, 5.74) is 0. The second-order valence-electron chi connectivity index (χ2n) is 2.22. The first-order chi connectivity index (χ1) is 3.30. The van der Waals surface area contributed by atoms with Gasteiger partial charge in [0, 0.05) is 0 Å². The Morgan fingerprint density at radius 1 is 1.57 bits per heavy atom. The van der Waals surface area contributed by atoms with Gasteiger partial charge in [-0.15, -0.1) is 0 Å². The van der Waals surface area contributed by atoms with Crippen LogP contribution in [0.2, 0.25) is 0 Å². The molecule has 1 aliphatic rings. The Bertz CT molecular complexity index is 53.2. The van der Waals surface area contributed by atoms with Gasteiger partial charge in [0.05, 0.1) is 12.7 Å². The molecular formula is C6H11O. The van der Waals surface area contributed by atoms with Gasteiger partial charge >= 0.3 is 0 Å². The quantitative estimate of drug-likeness (QED) is 0.448. The molecule has 1 fully saturated rings. The van der Waals surface area contributed by atoms with Gasteiger partial charge in [-0.1, -0.05) is 6.92 Å². The van der Waals surface area contributed by atoms with Crippen LogP contribution in [0.3, 0.4) is 0 Å². The zero-order valence-electron chi connectivity index (χ0n) is 4.85. The molecule has 1 rings (SSSR count). The maximum atomic E-state index is 5.14. The third-order valence-corrected chi connectivity index (χ3v) is 1.58. The van der Waals surface area contributed by atoms with Gasteiger partial charge < -0.3 is 4.74 Å². The Morgan fingerprint density at radius 3 is 2.43 bits per heavy atom. The van der Waals surface area contributed by atoms with Crippen molar-refractivity contribution in [2.45, 2.75) is 26.4 Å². The van der Waals surface area contributed by atoms with Crippen LogP contribution in [0.1, 0.15) is 20.3 Å². The highest BCUT2D eigenvalue weighted by atomic mass is 16.5. The molecule has 2 atom stereocenters. The molecule has 7 heavy (non-hydrogen) atoms. The molecule has 0 aromatic carbocycles. The second kappa shape index (κ2) is 1.83. The first kappa shape index (κ1) is 5.10. The van der Waals surface area contributed by atoms with Gasteiger partial charge in [0.25, 0.3) is 0 Å². The molecule has 0 aromatic rings. The fourth-order valence-corrected chi connectivity index (χ4v) is 0.685. The predicted octanol–water partition coefficient (Wildman–Crippen LogP) is 1.59. The van der Waals surface area contributed by atoms with Crippen LogP contribution in [0, 0.1) is 12.5 Å². The number of hydrogen-bond donors (Lipinski definition) is 0. The highest BCUT2D eigenvalue weighted by molar-refractivity contribution is 4.74. The second-order valence-corrected chi connectivity index (χ2v) is 2.22. The topological polar surface area (TPSA) is 9.23 Å². The van der Waals surface area contributed by atoms with Gasteiger partial charge in [-0.05, 0) is 19.3 Å². The Morgan fingerprint density at radius 2 is 2.29 bits per heavy atom. The molecule has 1 nitrogen and oxygen atoms in total. The lowest BCUT2D eigenvalue weighted by atomic mass is 10.1. The lowest BCUT2D eigenvalue weighted by molar-refractivity contribution is 0.147. The van der Waals surface area contributed by atoms with Crippen molar-refractivity contribution < 1.29 is 4.74 Å². The molecule has 0 aromatic heterocycles. The summed E-state index contributed by atoms with van der Waals surface area (Å²) in [6.45, 7) is 6.21. The molecule has 1 radical (unpaired) electrons. The summed E-state index contributed by atoms with van der Waals surface area (Å²) in [5, 5.41) is 0. The summed E-state index contributed by atoms with van der Waals surface area (Å²) >= 11 is 0. The van der Waals surface area contributed by atoms with Crippen molar-refractivity contribution >= 4 is 0 Å². The van der Waals surface area contributed by atoms with Crippen LogP contribution in [0.4, 0.5) is 0 Å². The summed E-state index contributed by atoms with van der Waals surface area (Å²) < 4.78 is 5.14. The number of hydrogen-bond acceptors (Lipinski definition) is 1. The van der Waals surface area contributed by atoms with Gasteiger partial charge in [-0.2, -0.15) is 0 Å². The van der Waals surface area contributed by atoms with Crippen LogP contribution < -0.4 is 0 Å². The van der Waals surface area contributed by atoms with Crippen molar-refractivity contribution in [2.75, 3.05) is 0 Å². The molecule has 0 bridgehead atoms. The van der Waals surface area contributed by atoms with E-state index in [1.54, 1.807) is 0 Å². The Labute approximate surface area is 44.7 Å². The maximum absolute atomic E-state index is 5.14. The van der Waals surface area contributed by atoms with Crippen LogP contribution in [0.25, 0.3) is 0 Å². The van der Waals surface area contributed by atoms with E-state index >= 15 is 0 Å². The van der Waals surface area contributed by atoms with E-state index in [2.05, 4.69) is 13.8 Å². The molecule has 2 unspecified atom stereocenters. The van der Waals surface area contributed by atoms with Gasteiger partial charge in [-0.25, -0.2) is 0 Å². The van der Waals surface area contributed by atoms with Crippen LogP contribution >= 0.6 is 0 Å². The third kappa shape index (κ3) is 0.942. The third-order valence-electron chi connectivity index (χ3n) is 1.58. The molecule has 0 amide bonds. The molecule has 0 N–H and O–H groups in total. The minimum Gasteiger partial charge on any atom is -0.372 e. The van der Waals surface area contributed by atoms with Crippen molar-refractivity contribution in [1.29, 1.82) is 0 Å². The van der Waals surface area contributed by atoms with E-state index in [-0.39, 0.29) is 0 Å². The average Bonchev–Trinajstić information content (AvgIpc) is 1.91. The fraction of sp³-hybridized carbons (Fsp3) is 0.833. The van der Waals surface area contributed by atoms with E-state index in [9.17, 15) is 0 Å². The summed E-state index contributed by atoms with van der Waals surface area (Å²) in [5.74, 6) is 0.736. The highest BCUT2D eigenvalue weighted by Gasteiger charge is 2.18. The minimum atomic E-state index is 0.458. The first-order valence-corrected chi connectivity index (χ1v) is 2.78. The smallest absolute Gasteiger partial charge is 0.0844 e. The Kier molecular flexibility index (Phi) is 1.33. The van der Waals surface area contributed by atoms with E-state index < -0.39 is 0 Å². The Hall–Kier alpha value is -0.0400. The molecule has 1 heterocycles. The fourth-order valence-electron chi connectivity index (χ4n) is 0.685. The highest BCUT2D eigenvalue weighted by Crippen LogP contribution is 2.21. The summed E-state index contributed by atoms with van der Waals surface area (Å²) in [4.78, 5) is 0. The predicted molar refractivity (Wildman–Crippen MR) is 28.6 cm³/mol. The van der Waals surface area contributed by atoms with E-state index in [0.717, 1.165) is 12.3 Å². The average molecular weight is 99.2 g/mol. The van der Waals surface area contributed by atoms with E-state index in [1.165, 1.54) is 0 Å². The maximum Gasteiger partial charge on any atom is 0.0844 e. The monoisotopic (exact) mass is 99.1 g/mol. The normalized spacial score (nSPS) is 42.0. The van der Waals surface area contributed by atoms with Crippen LogP contribution in [0.5, 0.6) is 0 Å². The molecular weight excluding hydrogens is 88.1 g/mol. The van der Waals surface area contributed by atoms with Crippen LogP contribution in [-0.4, -0.2) is 6.10 Å². The van der Waals surface area contributed by atoms with Crippen molar-refractivity contribution in [2.24, 2.45) is 5.92 Å². The standard InChI is InChI=1S/C6H11O/c1-5-3-4-7-6(5)2/h4-6H,3H2,1-2H3. The van der Waals surface area contributed by atoms with Gasteiger partial charge in [0.15, 0.2) is 0 Å². The summed E-state index contributed by atoms with van der Waals surface area (Å²) in [6, 6.07) is 0. The van der Waals surface area contributed by atoms with Crippen molar-refractivity contribution in [1.82, 2.24) is 0 Å².